The van der Waals surface area contributed by atoms with Crippen LogP contribution in [0.2, 0.25) is 5.02 Å². The molecular formula is C24H25ClO4. The average molecular weight is 413 g/mol. The number of carbonyl (C=O) groups is 2. The highest BCUT2D eigenvalue weighted by Gasteiger charge is 2.60. The fourth-order valence-corrected chi connectivity index (χ4v) is 4.94. The minimum atomic E-state index is -1.13. The molecule has 1 aliphatic carbocycles. The van der Waals surface area contributed by atoms with Crippen LogP contribution in [0, 0.1) is 13.8 Å². The van der Waals surface area contributed by atoms with Crippen molar-refractivity contribution in [2.45, 2.75) is 57.2 Å². The summed E-state index contributed by atoms with van der Waals surface area (Å²) in [5.74, 6) is -1.50. The van der Waals surface area contributed by atoms with Crippen molar-refractivity contribution in [2.24, 2.45) is 0 Å². The molecule has 0 N–H and O–H groups in total. The van der Waals surface area contributed by atoms with E-state index in [0.29, 0.717) is 11.4 Å². The second kappa shape index (κ2) is 7.58. The van der Waals surface area contributed by atoms with Gasteiger partial charge in [0.25, 0.3) is 0 Å². The molecule has 29 heavy (non-hydrogen) atoms. The zero-order valence-corrected chi connectivity index (χ0v) is 17.7. The number of benzene rings is 2. The molecule has 1 saturated heterocycles. The summed E-state index contributed by atoms with van der Waals surface area (Å²) in [7, 11) is 1.59. The van der Waals surface area contributed by atoms with Gasteiger partial charge in [0.1, 0.15) is 12.0 Å². The van der Waals surface area contributed by atoms with Gasteiger partial charge in [-0.25, -0.2) is 0 Å². The van der Waals surface area contributed by atoms with Crippen LogP contribution in [0.3, 0.4) is 0 Å². The van der Waals surface area contributed by atoms with Crippen LogP contribution in [0.4, 0.5) is 0 Å². The number of hydrogen-bond donors (Lipinski definition) is 0. The van der Waals surface area contributed by atoms with E-state index in [1.165, 1.54) is 0 Å². The molecule has 1 saturated carbocycles. The average Bonchev–Trinajstić information content (AvgIpc) is 2.94. The van der Waals surface area contributed by atoms with E-state index in [9.17, 15) is 9.59 Å². The Bertz CT molecular complexity index is 966. The standard InChI is InChI=1S/C24H25ClO4/c1-14-13-19(15(2)12-18(14)16-7-9-17(25)10-8-16)21-22(26)24(29-23(21)27)11-5-4-6-20(24)28-3/h7-10,12-13,20-21H,4-6,11H2,1-3H3. The number of Topliss-reactive ketones (excluding diaryl/α,β-unsaturated/α-hetero) is 1. The molecule has 4 nitrogen and oxygen atoms in total. The Labute approximate surface area is 176 Å². The second-order valence-corrected chi connectivity index (χ2v) is 8.55. The number of ketones is 1. The molecule has 2 aliphatic rings. The van der Waals surface area contributed by atoms with Gasteiger partial charge in [-0.3, -0.25) is 9.59 Å². The van der Waals surface area contributed by atoms with Gasteiger partial charge in [-0.2, -0.15) is 0 Å². The third-order valence-corrected chi connectivity index (χ3v) is 6.60. The zero-order chi connectivity index (χ0) is 20.8. The molecule has 152 valence electrons. The quantitative estimate of drug-likeness (QED) is 0.516. The van der Waals surface area contributed by atoms with Crippen molar-refractivity contribution in [3.8, 4) is 11.1 Å². The molecule has 2 aromatic carbocycles. The van der Waals surface area contributed by atoms with Crippen LogP contribution in [0.1, 0.15) is 48.3 Å². The van der Waals surface area contributed by atoms with Crippen LogP contribution in [-0.2, 0) is 19.1 Å². The summed E-state index contributed by atoms with van der Waals surface area (Å²) in [6.07, 6.45) is 2.74. The van der Waals surface area contributed by atoms with Crippen molar-refractivity contribution in [1.29, 1.82) is 0 Å². The van der Waals surface area contributed by atoms with Gasteiger partial charge in [0, 0.05) is 12.1 Å². The Morgan fingerprint density at radius 3 is 2.48 bits per heavy atom. The van der Waals surface area contributed by atoms with Gasteiger partial charge in [0.2, 0.25) is 0 Å². The highest BCUT2D eigenvalue weighted by Crippen LogP contribution is 2.45. The lowest BCUT2D eigenvalue weighted by molar-refractivity contribution is -0.172. The van der Waals surface area contributed by atoms with Gasteiger partial charge >= 0.3 is 5.97 Å². The number of methoxy groups -OCH3 is 1. The molecule has 2 fully saturated rings. The fourth-order valence-electron chi connectivity index (χ4n) is 4.82. The topological polar surface area (TPSA) is 52.6 Å². The molecule has 3 atom stereocenters. The summed E-state index contributed by atoms with van der Waals surface area (Å²) < 4.78 is 11.3. The summed E-state index contributed by atoms with van der Waals surface area (Å²) in [5, 5.41) is 0.685. The lowest BCUT2D eigenvalue weighted by atomic mass is 9.75. The van der Waals surface area contributed by atoms with E-state index in [1.54, 1.807) is 7.11 Å². The summed E-state index contributed by atoms with van der Waals surface area (Å²) in [6, 6.07) is 11.6. The smallest absolute Gasteiger partial charge is 0.322 e. The number of rotatable bonds is 3. The van der Waals surface area contributed by atoms with Gasteiger partial charge in [-0.05, 0) is 73.1 Å². The lowest BCUT2D eigenvalue weighted by Gasteiger charge is -2.37. The number of esters is 1. The van der Waals surface area contributed by atoms with Gasteiger partial charge in [-0.1, -0.05) is 42.3 Å². The van der Waals surface area contributed by atoms with Crippen LogP contribution < -0.4 is 0 Å². The van der Waals surface area contributed by atoms with Crippen LogP contribution in [0.15, 0.2) is 36.4 Å². The minimum absolute atomic E-state index is 0.157. The lowest BCUT2D eigenvalue weighted by Crippen LogP contribution is -2.51. The van der Waals surface area contributed by atoms with Crippen molar-refractivity contribution >= 4 is 23.4 Å². The van der Waals surface area contributed by atoms with Gasteiger partial charge in [-0.15, -0.1) is 0 Å². The molecule has 2 aromatic rings. The highest BCUT2D eigenvalue weighted by atomic mass is 35.5. The Morgan fingerprint density at radius 1 is 1.07 bits per heavy atom. The molecule has 0 amide bonds. The number of aryl methyl sites for hydroxylation is 2. The van der Waals surface area contributed by atoms with Crippen molar-refractivity contribution in [3.63, 3.8) is 0 Å². The van der Waals surface area contributed by atoms with Crippen molar-refractivity contribution in [3.05, 3.63) is 58.1 Å². The van der Waals surface area contributed by atoms with Crippen LogP contribution >= 0.6 is 11.6 Å². The predicted octanol–water partition coefficient (Wildman–Crippen LogP) is 5.16. The van der Waals surface area contributed by atoms with Crippen LogP contribution in [0.25, 0.3) is 11.1 Å². The molecule has 1 heterocycles. The molecule has 5 heteroatoms. The fraction of sp³-hybridized carbons (Fsp3) is 0.417. The number of ether oxygens (including phenoxy) is 2. The summed E-state index contributed by atoms with van der Waals surface area (Å²) in [5.41, 5.74) is 3.60. The maximum absolute atomic E-state index is 13.5. The van der Waals surface area contributed by atoms with Crippen molar-refractivity contribution < 1.29 is 19.1 Å². The van der Waals surface area contributed by atoms with E-state index in [2.05, 4.69) is 0 Å². The molecule has 0 radical (unpaired) electrons. The number of carbonyl (C=O) groups excluding carboxylic acids is 2. The van der Waals surface area contributed by atoms with E-state index in [1.807, 2.05) is 50.2 Å². The highest BCUT2D eigenvalue weighted by molar-refractivity contribution is 6.30. The Balaban J connectivity index is 1.73. The molecule has 3 unspecified atom stereocenters. The summed E-state index contributed by atoms with van der Waals surface area (Å²) in [6.45, 7) is 3.93. The second-order valence-electron chi connectivity index (χ2n) is 8.11. The first kappa shape index (κ1) is 20.1. The predicted molar refractivity (Wildman–Crippen MR) is 112 cm³/mol. The first-order chi connectivity index (χ1) is 13.9. The normalized spacial score (nSPS) is 26.8. The largest absolute Gasteiger partial charge is 0.447 e. The van der Waals surface area contributed by atoms with Gasteiger partial charge in [0.15, 0.2) is 11.4 Å². The van der Waals surface area contributed by atoms with Crippen molar-refractivity contribution in [1.82, 2.24) is 0 Å². The van der Waals surface area contributed by atoms with E-state index >= 15 is 0 Å². The first-order valence-electron chi connectivity index (χ1n) is 10.0. The monoisotopic (exact) mass is 412 g/mol. The molecule has 0 bridgehead atoms. The molecule has 1 aliphatic heterocycles. The third kappa shape index (κ3) is 3.28. The summed E-state index contributed by atoms with van der Waals surface area (Å²) in [4.78, 5) is 26.3. The molecule has 1 spiro atoms. The Morgan fingerprint density at radius 2 is 1.79 bits per heavy atom. The minimum Gasteiger partial charge on any atom is -0.447 e. The van der Waals surface area contributed by atoms with E-state index in [0.717, 1.165) is 47.1 Å². The van der Waals surface area contributed by atoms with Gasteiger partial charge in [0.05, 0.1) is 0 Å². The van der Waals surface area contributed by atoms with Crippen LogP contribution in [-0.4, -0.2) is 30.6 Å². The number of hydrogen-bond acceptors (Lipinski definition) is 4. The van der Waals surface area contributed by atoms with E-state index in [-0.39, 0.29) is 11.9 Å². The Hall–Kier alpha value is -2.17. The van der Waals surface area contributed by atoms with Crippen LogP contribution in [0.5, 0.6) is 0 Å². The van der Waals surface area contributed by atoms with E-state index < -0.39 is 17.5 Å². The molecule has 0 aromatic heterocycles. The molecule has 4 rings (SSSR count). The maximum Gasteiger partial charge on any atom is 0.322 e. The molecular weight excluding hydrogens is 388 g/mol. The zero-order valence-electron chi connectivity index (χ0n) is 17.0. The van der Waals surface area contributed by atoms with Crippen molar-refractivity contribution in [2.75, 3.05) is 7.11 Å². The summed E-state index contributed by atoms with van der Waals surface area (Å²) >= 11 is 6.01. The first-order valence-corrected chi connectivity index (χ1v) is 10.4. The SMILES string of the molecule is COC1CCCCC12OC(=O)C(c1cc(C)c(-c3ccc(Cl)cc3)cc1C)C2=O. The number of halogens is 1. The van der Waals surface area contributed by atoms with Gasteiger partial charge < -0.3 is 9.47 Å². The maximum atomic E-state index is 13.5. The third-order valence-electron chi connectivity index (χ3n) is 6.35. The van der Waals surface area contributed by atoms with E-state index in [4.69, 9.17) is 21.1 Å². The Kier molecular flexibility index (Phi) is 5.26.